The first kappa shape index (κ1) is 15.7. The number of carboxylic acid groups (broad SMARTS) is 1. The minimum absolute atomic E-state index is 0.276. The Morgan fingerprint density at radius 3 is 2.58 bits per heavy atom. The van der Waals surface area contributed by atoms with E-state index in [1.807, 2.05) is 49.4 Å². The van der Waals surface area contributed by atoms with Crippen molar-refractivity contribution >= 4 is 11.8 Å². The van der Waals surface area contributed by atoms with Crippen molar-refractivity contribution in [3.63, 3.8) is 0 Å². The van der Waals surface area contributed by atoms with Crippen LogP contribution in [0.2, 0.25) is 0 Å². The normalized spacial score (nSPS) is 10.4. The first-order valence-corrected chi connectivity index (χ1v) is 7.59. The average molecular weight is 319 g/mol. The maximum absolute atomic E-state index is 11.0. The van der Waals surface area contributed by atoms with Gasteiger partial charge < -0.3 is 10.4 Å². The minimum atomic E-state index is -0.930. The number of benzene rings is 2. The molecule has 5 nitrogen and oxygen atoms in total. The molecule has 2 aromatic carbocycles. The summed E-state index contributed by atoms with van der Waals surface area (Å²) in [6.45, 7) is 2.34. The molecule has 0 aliphatic heterocycles. The fraction of sp³-hybridized carbons (Fsp3) is 0.105. The molecule has 0 aliphatic carbocycles. The lowest BCUT2D eigenvalue weighted by Gasteiger charge is -2.09. The molecule has 2 N–H and O–H groups in total. The predicted molar refractivity (Wildman–Crippen MR) is 92.9 cm³/mol. The van der Waals surface area contributed by atoms with Crippen LogP contribution in [0.15, 0.2) is 60.7 Å². The van der Waals surface area contributed by atoms with Crippen molar-refractivity contribution < 1.29 is 9.90 Å². The molecule has 3 aromatic rings. The van der Waals surface area contributed by atoms with Gasteiger partial charge in [-0.3, -0.25) is 0 Å². The third-order valence-corrected chi connectivity index (χ3v) is 3.56. The summed E-state index contributed by atoms with van der Waals surface area (Å²) in [5.74, 6) is 0.460. The van der Waals surface area contributed by atoms with E-state index in [9.17, 15) is 4.79 Å². The number of rotatable bonds is 5. The minimum Gasteiger partial charge on any atom is -0.478 e. The number of carboxylic acids is 1. The van der Waals surface area contributed by atoms with Crippen molar-refractivity contribution in [2.45, 2.75) is 13.5 Å². The first-order chi connectivity index (χ1) is 11.6. The number of anilines is 1. The van der Waals surface area contributed by atoms with E-state index in [2.05, 4.69) is 15.3 Å². The van der Waals surface area contributed by atoms with Crippen LogP contribution in [0, 0.1) is 6.92 Å². The van der Waals surface area contributed by atoms with Gasteiger partial charge in [-0.2, -0.15) is 0 Å². The fourth-order valence-corrected chi connectivity index (χ4v) is 2.42. The quantitative estimate of drug-likeness (QED) is 0.749. The van der Waals surface area contributed by atoms with Crippen LogP contribution in [0.3, 0.4) is 0 Å². The summed E-state index contributed by atoms with van der Waals surface area (Å²) in [5, 5.41) is 12.3. The molecule has 0 spiro atoms. The van der Waals surface area contributed by atoms with Crippen LogP contribution in [0.5, 0.6) is 0 Å². The Bertz CT molecular complexity index is 863. The number of aromatic nitrogens is 2. The van der Waals surface area contributed by atoms with Gasteiger partial charge in [-0.05, 0) is 24.6 Å². The van der Waals surface area contributed by atoms with E-state index >= 15 is 0 Å². The molecule has 0 fully saturated rings. The Hall–Kier alpha value is -3.21. The predicted octanol–water partition coefficient (Wildman–Crippen LogP) is 3.76. The Morgan fingerprint density at radius 1 is 1.04 bits per heavy atom. The first-order valence-electron chi connectivity index (χ1n) is 7.59. The summed E-state index contributed by atoms with van der Waals surface area (Å²) in [7, 11) is 0. The second-order valence-corrected chi connectivity index (χ2v) is 5.41. The van der Waals surface area contributed by atoms with Crippen LogP contribution >= 0.6 is 0 Å². The third kappa shape index (κ3) is 3.76. The number of nitrogens with zero attached hydrogens (tertiary/aromatic N) is 2. The lowest BCUT2D eigenvalue weighted by atomic mass is 10.1. The Balaban J connectivity index is 1.80. The molecule has 24 heavy (non-hydrogen) atoms. The number of aryl methyl sites for hydroxylation is 1. The fourth-order valence-electron chi connectivity index (χ4n) is 2.42. The van der Waals surface area contributed by atoms with E-state index in [4.69, 9.17) is 5.11 Å². The highest BCUT2D eigenvalue weighted by Gasteiger charge is 2.06. The van der Waals surface area contributed by atoms with Gasteiger partial charge in [-0.25, -0.2) is 14.8 Å². The lowest BCUT2D eigenvalue weighted by Crippen LogP contribution is -2.05. The van der Waals surface area contributed by atoms with Crippen LogP contribution in [0.25, 0.3) is 11.3 Å². The monoisotopic (exact) mass is 319 g/mol. The van der Waals surface area contributed by atoms with Crippen molar-refractivity contribution in [2.24, 2.45) is 0 Å². The molecular formula is C19H17N3O2. The highest BCUT2D eigenvalue weighted by atomic mass is 16.4. The number of hydrogen-bond donors (Lipinski definition) is 2. The summed E-state index contributed by atoms with van der Waals surface area (Å²) < 4.78 is 0. The van der Waals surface area contributed by atoms with Gasteiger partial charge >= 0.3 is 5.97 Å². The van der Waals surface area contributed by atoms with E-state index < -0.39 is 5.97 Å². The lowest BCUT2D eigenvalue weighted by molar-refractivity contribution is 0.0697. The molecular weight excluding hydrogens is 302 g/mol. The van der Waals surface area contributed by atoms with Crippen molar-refractivity contribution in [1.82, 2.24) is 9.97 Å². The molecule has 1 heterocycles. The largest absolute Gasteiger partial charge is 0.478 e. The standard InChI is InChI=1S/C19H17N3O2/c1-13-21-17(15-7-3-2-4-8-15)11-18(22-13)20-12-14-6-5-9-16(10-14)19(23)24/h2-11H,12H2,1H3,(H,23,24)(H,20,21,22). The smallest absolute Gasteiger partial charge is 0.335 e. The molecule has 0 atom stereocenters. The maximum Gasteiger partial charge on any atom is 0.335 e. The molecule has 120 valence electrons. The summed E-state index contributed by atoms with van der Waals surface area (Å²) in [4.78, 5) is 19.9. The third-order valence-electron chi connectivity index (χ3n) is 3.56. The van der Waals surface area contributed by atoms with Gasteiger partial charge in [-0.15, -0.1) is 0 Å². The van der Waals surface area contributed by atoms with E-state index in [-0.39, 0.29) is 5.56 Å². The summed E-state index contributed by atoms with van der Waals surface area (Å²) in [6, 6.07) is 18.6. The van der Waals surface area contributed by atoms with E-state index in [0.717, 1.165) is 16.8 Å². The van der Waals surface area contributed by atoms with Gasteiger partial charge in [0.1, 0.15) is 11.6 Å². The van der Waals surface area contributed by atoms with Gasteiger partial charge in [0, 0.05) is 18.2 Å². The van der Waals surface area contributed by atoms with Gasteiger partial charge in [-0.1, -0.05) is 42.5 Å². The van der Waals surface area contributed by atoms with Crippen molar-refractivity contribution in [3.05, 3.63) is 77.6 Å². The summed E-state index contributed by atoms with van der Waals surface area (Å²) in [5.41, 5.74) is 3.04. The number of carbonyl (C=O) groups is 1. The molecule has 0 unspecified atom stereocenters. The van der Waals surface area contributed by atoms with Crippen molar-refractivity contribution in [1.29, 1.82) is 0 Å². The molecule has 1 aromatic heterocycles. The van der Waals surface area contributed by atoms with E-state index in [1.54, 1.807) is 18.2 Å². The molecule has 0 saturated carbocycles. The van der Waals surface area contributed by atoms with Crippen LogP contribution in [0.4, 0.5) is 5.82 Å². The second-order valence-electron chi connectivity index (χ2n) is 5.41. The molecule has 0 bridgehead atoms. The van der Waals surface area contributed by atoms with E-state index in [0.29, 0.717) is 18.2 Å². The van der Waals surface area contributed by atoms with Gasteiger partial charge in [0.25, 0.3) is 0 Å². The zero-order chi connectivity index (χ0) is 16.9. The Labute approximate surface area is 140 Å². The van der Waals surface area contributed by atoms with Crippen LogP contribution in [0.1, 0.15) is 21.7 Å². The number of aromatic carboxylic acids is 1. The second kappa shape index (κ2) is 6.91. The van der Waals surface area contributed by atoms with Crippen molar-refractivity contribution in [3.8, 4) is 11.3 Å². The van der Waals surface area contributed by atoms with Crippen LogP contribution < -0.4 is 5.32 Å². The summed E-state index contributed by atoms with van der Waals surface area (Å²) >= 11 is 0. The molecule has 0 amide bonds. The van der Waals surface area contributed by atoms with Crippen molar-refractivity contribution in [2.75, 3.05) is 5.32 Å². The number of nitrogens with one attached hydrogen (secondary N) is 1. The average Bonchev–Trinajstić information content (AvgIpc) is 2.60. The summed E-state index contributed by atoms with van der Waals surface area (Å²) in [6.07, 6.45) is 0. The Morgan fingerprint density at radius 2 is 1.83 bits per heavy atom. The maximum atomic E-state index is 11.0. The van der Waals surface area contributed by atoms with Crippen LogP contribution in [-0.4, -0.2) is 21.0 Å². The molecule has 5 heteroatoms. The highest BCUT2D eigenvalue weighted by Crippen LogP contribution is 2.20. The SMILES string of the molecule is Cc1nc(NCc2cccc(C(=O)O)c2)cc(-c2ccccc2)n1. The van der Waals surface area contributed by atoms with E-state index in [1.165, 1.54) is 0 Å². The van der Waals surface area contributed by atoms with Gasteiger partial charge in [0.2, 0.25) is 0 Å². The van der Waals surface area contributed by atoms with Gasteiger partial charge in [0.05, 0.1) is 11.3 Å². The zero-order valence-electron chi connectivity index (χ0n) is 13.2. The molecule has 3 rings (SSSR count). The van der Waals surface area contributed by atoms with Crippen LogP contribution in [-0.2, 0) is 6.54 Å². The molecule has 0 saturated heterocycles. The molecule has 0 radical (unpaired) electrons. The zero-order valence-corrected chi connectivity index (χ0v) is 13.2. The topological polar surface area (TPSA) is 75.1 Å². The molecule has 0 aliphatic rings. The highest BCUT2D eigenvalue weighted by molar-refractivity contribution is 5.87. The Kier molecular flexibility index (Phi) is 4.52. The number of hydrogen-bond acceptors (Lipinski definition) is 4. The van der Waals surface area contributed by atoms with Gasteiger partial charge in [0.15, 0.2) is 0 Å².